The van der Waals surface area contributed by atoms with Crippen molar-refractivity contribution >= 4 is 23.0 Å². The van der Waals surface area contributed by atoms with Crippen LogP contribution < -0.4 is 16.0 Å². The molecule has 0 spiro atoms. The average Bonchev–Trinajstić information content (AvgIpc) is 2.98. The summed E-state index contributed by atoms with van der Waals surface area (Å²) in [5.74, 6) is -0.102. The van der Waals surface area contributed by atoms with Gasteiger partial charge < -0.3 is 21.1 Å². The van der Waals surface area contributed by atoms with E-state index in [9.17, 15) is 9.90 Å². The molecule has 0 fully saturated rings. The summed E-state index contributed by atoms with van der Waals surface area (Å²) in [6.07, 6.45) is -0.218. The molecule has 4 rings (SSSR count). The largest absolute Gasteiger partial charge is 0.492 e. The first-order chi connectivity index (χ1) is 10.4. The molecule has 112 valence electrons. The second kappa shape index (κ2) is 4.09. The van der Waals surface area contributed by atoms with Gasteiger partial charge in [0.25, 0.3) is 0 Å². The van der Waals surface area contributed by atoms with Crippen LogP contribution in [0.3, 0.4) is 0 Å². The summed E-state index contributed by atoms with van der Waals surface area (Å²) in [5, 5.41) is 26.4. The zero-order valence-electron chi connectivity index (χ0n) is 12.1. The van der Waals surface area contributed by atoms with E-state index in [4.69, 9.17) is 0 Å². The number of hydrogen-bond donors (Lipinski definition) is 4. The zero-order valence-corrected chi connectivity index (χ0v) is 12.1. The lowest BCUT2D eigenvalue weighted by Crippen LogP contribution is -2.26. The van der Waals surface area contributed by atoms with E-state index in [0.717, 1.165) is 22.6 Å². The van der Waals surface area contributed by atoms with Crippen molar-refractivity contribution in [2.75, 3.05) is 16.0 Å². The lowest BCUT2D eigenvalue weighted by Gasteiger charge is -2.15. The Bertz CT molecular complexity index is 785. The smallest absolute Gasteiger partial charge is 0.234 e. The van der Waals surface area contributed by atoms with Gasteiger partial charge in [-0.05, 0) is 37.6 Å². The van der Waals surface area contributed by atoms with Gasteiger partial charge in [-0.15, -0.1) is 10.2 Å². The van der Waals surface area contributed by atoms with E-state index >= 15 is 0 Å². The van der Waals surface area contributed by atoms with E-state index in [0.29, 0.717) is 5.69 Å². The summed E-state index contributed by atoms with van der Waals surface area (Å²) in [7, 11) is 0. The Morgan fingerprint density at radius 1 is 1.09 bits per heavy atom. The Morgan fingerprint density at radius 3 is 2.50 bits per heavy atom. The molecule has 0 saturated carbocycles. The maximum Gasteiger partial charge on any atom is 0.234 e. The van der Waals surface area contributed by atoms with Crippen LogP contribution in [-0.4, -0.2) is 21.2 Å². The molecular formula is C15H15N5O2. The number of carbonyl (C=O) groups excluding carboxylic acids is 1. The van der Waals surface area contributed by atoms with Crippen LogP contribution in [0.1, 0.15) is 31.3 Å². The zero-order chi connectivity index (χ0) is 15.5. The Hall–Kier alpha value is -2.83. The van der Waals surface area contributed by atoms with E-state index in [2.05, 4.69) is 26.1 Å². The van der Waals surface area contributed by atoms with E-state index in [1.54, 1.807) is 6.07 Å². The van der Waals surface area contributed by atoms with Crippen LogP contribution in [-0.2, 0) is 10.2 Å². The van der Waals surface area contributed by atoms with Crippen LogP contribution in [0, 0.1) is 0 Å². The third-order valence-electron chi connectivity index (χ3n) is 4.21. The van der Waals surface area contributed by atoms with Crippen LogP contribution >= 0.6 is 0 Å². The molecule has 1 aromatic carbocycles. The molecule has 0 radical (unpaired) electrons. The van der Waals surface area contributed by atoms with Crippen LogP contribution in [0.15, 0.2) is 24.3 Å². The number of carbonyl (C=O) groups is 1. The standard InChI is InChI=1S/C15H15N5O2/c1-15(2)7-5-10-11(6-9(7)18-14(15)22)17-13(16-10)8-3-4-12(21)20-19-8/h3-6,13,16-17H,1-2H3,(H,18,22)(H,20,21). The predicted octanol–water partition coefficient (Wildman–Crippen LogP) is 1.95. The second-order valence-electron chi connectivity index (χ2n) is 6.06. The number of amides is 1. The Balaban J connectivity index is 1.69. The lowest BCUT2D eigenvalue weighted by molar-refractivity contribution is -0.119. The third-order valence-corrected chi connectivity index (χ3v) is 4.21. The highest BCUT2D eigenvalue weighted by atomic mass is 16.3. The van der Waals surface area contributed by atoms with Crippen LogP contribution in [0.4, 0.5) is 17.1 Å². The van der Waals surface area contributed by atoms with Crippen LogP contribution in [0.25, 0.3) is 0 Å². The molecule has 1 atom stereocenters. The Morgan fingerprint density at radius 2 is 1.82 bits per heavy atom. The SMILES string of the molecule is CC1(C)C(=O)Nc2cc3c(cc21)NC(c1ccc(O)nn1)N3. The first-order valence-electron chi connectivity index (χ1n) is 7.01. The monoisotopic (exact) mass is 297 g/mol. The van der Waals surface area contributed by atoms with Gasteiger partial charge in [0.1, 0.15) is 11.9 Å². The van der Waals surface area contributed by atoms with Gasteiger partial charge in [0.05, 0.1) is 16.8 Å². The number of aromatic nitrogens is 2. The number of anilines is 3. The fourth-order valence-electron chi connectivity index (χ4n) is 2.84. The molecule has 2 aromatic rings. The van der Waals surface area contributed by atoms with Crippen LogP contribution in [0.2, 0.25) is 0 Å². The highest BCUT2D eigenvalue weighted by molar-refractivity contribution is 6.07. The molecule has 1 amide bonds. The van der Waals surface area contributed by atoms with E-state index in [1.165, 1.54) is 6.07 Å². The summed E-state index contributed by atoms with van der Waals surface area (Å²) in [4.78, 5) is 12.0. The summed E-state index contributed by atoms with van der Waals surface area (Å²) >= 11 is 0. The van der Waals surface area contributed by atoms with Gasteiger partial charge >= 0.3 is 0 Å². The molecule has 1 aromatic heterocycles. The van der Waals surface area contributed by atoms with Crippen molar-refractivity contribution in [2.24, 2.45) is 0 Å². The number of aromatic hydroxyl groups is 1. The molecule has 3 heterocycles. The average molecular weight is 297 g/mol. The maximum absolute atomic E-state index is 12.0. The minimum Gasteiger partial charge on any atom is -0.492 e. The molecule has 2 aliphatic rings. The number of hydrogen-bond acceptors (Lipinski definition) is 6. The van der Waals surface area contributed by atoms with Crippen molar-refractivity contribution in [2.45, 2.75) is 25.4 Å². The van der Waals surface area contributed by atoms with Crippen LogP contribution in [0.5, 0.6) is 5.88 Å². The van der Waals surface area contributed by atoms with Crippen molar-refractivity contribution in [1.29, 1.82) is 0 Å². The minimum atomic E-state index is -0.539. The first kappa shape index (κ1) is 12.9. The van der Waals surface area contributed by atoms with Crippen molar-refractivity contribution in [3.8, 4) is 5.88 Å². The molecule has 0 saturated heterocycles. The van der Waals surface area contributed by atoms with Gasteiger partial charge in [-0.2, -0.15) is 0 Å². The molecule has 7 heteroatoms. The van der Waals surface area contributed by atoms with Crippen molar-refractivity contribution in [3.63, 3.8) is 0 Å². The van der Waals surface area contributed by atoms with Gasteiger partial charge in [-0.25, -0.2) is 0 Å². The minimum absolute atomic E-state index is 0.00660. The van der Waals surface area contributed by atoms with E-state index < -0.39 is 5.41 Å². The molecule has 7 nitrogen and oxygen atoms in total. The van der Waals surface area contributed by atoms with Gasteiger partial charge in [-0.3, -0.25) is 4.79 Å². The Labute approximate surface area is 126 Å². The normalized spacial score (nSPS) is 20.6. The fourth-order valence-corrected chi connectivity index (χ4v) is 2.84. The summed E-state index contributed by atoms with van der Waals surface area (Å²) < 4.78 is 0. The van der Waals surface area contributed by atoms with Crippen molar-refractivity contribution < 1.29 is 9.90 Å². The molecular weight excluding hydrogens is 282 g/mol. The quantitative estimate of drug-likeness (QED) is 0.642. The molecule has 22 heavy (non-hydrogen) atoms. The topological polar surface area (TPSA) is 99.2 Å². The molecule has 0 bridgehead atoms. The fraction of sp³-hybridized carbons (Fsp3) is 0.267. The van der Waals surface area contributed by atoms with Crippen molar-refractivity contribution in [1.82, 2.24) is 10.2 Å². The van der Waals surface area contributed by atoms with E-state index in [-0.39, 0.29) is 18.0 Å². The highest BCUT2D eigenvalue weighted by Gasteiger charge is 2.40. The van der Waals surface area contributed by atoms with Crippen molar-refractivity contribution in [3.05, 3.63) is 35.5 Å². The van der Waals surface area contributed by atoms with Gasteiger partial charge in [-0.1, -0.05) is 0 Å². The third kappa shape index (κ3) is 1.71. The Kier molecular flexibility index (Phi) is 2.40. The molecule has 4 N–H and O–H groups in total. The van der Waals surface area contributed by atoms with E-state index in [1.807, 2.05) is 26.0 Å². The molecule has 2 aliphatic heterocycles. The summed E-state index contributed by atoms with van der Waals surface area (Å²) in [6.45, 7) is 3.82. The van der Waals surface area contributed by atoms with Gasteiger partial charge in [0.15, 0.2) is 0 Å². The first-order valence-corrected chi connectivity index (χ1v) is 7.01. The number of nitrogens with one attached hydrogen (secondary N) is 3. The highest BCUT2D eigenvalue weighted by Crippen LogP contribution is 2.45. The summed E-state index contributed by atoms with van der Waals surface area (Å²) in [5.41, 5.74) is 3.77. The number of benzene rings is 1. The predicted molar refractivity (Wildman–Crippen MR) is 81.8 cm³/mol. The molecule has 0 aliphatic carbocycles. The number of nitrogens with zero attached hydrogens (tertiary/aromatic N) is 2. The molecule has 1 unspecified atom stereocenters. The lowest BCUT2D eigenvalue weighted by atomic mass is 9.86. The van der Waals surface area contributed by atoms with Gasteiger partial charge in [0, 0.05) is 11.8 Å². The maximum atomic E-state index is 12.0. The second-order valence-corrected chi connectivity index (χ2v) is 6.06. The van der Waals surface area contributed by atoms with Gasteiger partial charge in [0.2, 0.25) is 11.8 Å². The number of rotatable bonds is 1. The summed E-state index contributed by atoms with van der Waals surface area (Å²) in [6, 6.07) is 7.12. The number of fused-ring (bicyclic) bond motifs is 2.